The number of nitrogens with one attached hydrogen (secondary N) is 1. The number of benzene rings is 3. The molecule has 3 aromatic rings. The van der Waals surface area contributed by atoms with Crippen LogP contribution in [0, 0.1) is 6.92 Å². The highest BCUT2D eigenvalue weighted by molar-refractivity contribution is 7.92. The Balaban J connectivity index is 1.90. The number of carbonyl (C=O) groups is 1. The number of sulfonamides is 1. The van der Waals surface area contributed by atoms with Crippen LogP contribution in [0.5, 0.6) is 0 Å². The Morgan fingerprint density at radius 1 is 0.897 bits per heavy atom. The van der Waals surface area contributed by atoms with Crippen molar-refractivity contribution in [3.63, 3.8) is 0 Å². The van der Waals surface area contributed by atoms with E-state index in [1.807, 2.05) is 44.2 Å². The van der Waals surface area contributed by atoms with Gasteiger partial charge in [-0.15, -0.1) is 0 Å². The van der Waals surface area contributed by atoms with Crippen LogP contribution in [0.2, 0.25) is 0 Å². The summed E-state index contributed by atoms with van der Waals surface area (Å²) in [6, 6.07) is 22.7. The van der Waals surface area contributed by atoms with E-state index in [0.717, 1.165) is 15.4 Å². The van der Waals surface area contributed by atoms with Crippen molar-refractivity contribution < 1.29 is 13.2 Å². The van der Waals surface area contributed by atoms with Gasteiger partial charge in [0.05, 0.1) is 22.2 Å². The molecule has 150 valence electrons. The van der Waals surface area contributed by atoms with Gasteiger partial charge in [-0.1, -0.05) is 60.2 Å². The van der Waals surface area contributed by atoms with Crippen molar-refractivity contribution >= 4 is 21.6 Å². The lowest BCUT2D eigenvalue weighted by Crippen LogP contribution is -2.31. The molecule has 0 saturated carbocycles. The quantitative estimate of drug-likeness (QED) is 0.661. The largest absolute Gasteiger partial charge is 0.345 e. The molecule has 0 bridgehead atoms. The van der Waals surface area contributed by atoms with E-state index in [4.69, 9.17) is 0 Å². The summed E-state index contributed by atoms with van der Waals surface area (Å²) in [5, 5.41) is 2.95. The number of amides is 1. The third-order valence-electron chi connectivity index (χ3n) is 4.81. The SMILES string of the molecule is Cc1ccc(S(=O)(=O)N(C)c2ccccc2C(=O)NC(C)c2ccccc2)cc1. The van der Waals surface area contributed by atoms with Gasteiger partial charge >= 0.3 is 0 Å². The van der Waals surface area contributed by atoms with Crippen LogP contribution in [0.3, 0.4) is 0 Å². The molecule has 3 aromatic carbocycles. The number of carbonyl (C=O) groups excluding carboxylic acids is 1. The van der Waals surface area contributed by atoms with Gasteiger partial charge in [-0.25, -0.2) is 8.42 Å². The van der Waals surface area contributed by atoms with E-state index in [-0.39, 0.29) is 16.8 Å². The smallest absolute Gasteiger partial charge is 0.264 e. The predicted molar refractivity (Wildman–Crippen MR) is 116 cm³/mol. The summed E-state index contributed by atoms with van der Waals surface area (Å²) >= 11 is 0. The Kier molecular flexibility index (Phi) is 6.03. The Bertz CT molecular complexity index is 1090. The van der Waals surface area contributed by atoms with Crippen molar-refractivity contribution in [3.8, 4) is 0 Å². The van der Waals surface area contributed by atoms with E-state index in [0.29, 0.717) is 11.3 Å². The van der Waals surface area contributed by atoms with Crippen molar-refractivity contribution in [2.75, 3.05) is 11.4 Å². The lowest BCUT2D eigenvalue weighted by atomic mass is 10.1. The molecule has 0 saturated heterocycles. The Hall–Kier alpha value is -3.12. The molecule has 0 aliphatic carbocycles. The van der Waals surface area contributed by atoms with Crippen LogP contribution >= 0.6 is 0 Å². The second-order valence-corrected chi connectivity index (χ2v) is 8.88. The summed E-state index contributed by atoms with van der Waals surface area (Å²) in [7, 11) is -2.33. The van der Waals surface area contributed by atoms with Gasteiger partial charge in [0, 0.05) is 7.05 Å². The first kappa shape index (κ1) is 20.6. The second kappa shape index (κ2) is 8.49. The zero-order valence-electron chi connectivity index (χ0n) is 16.7. The minimum atomic E-state index is -3.79. The molecule has 0 fully saturated rings. The van der Waals surface area contributed by atoms with Crippen molar-refractivity contribution in [1.82, 2.24) is 5.32 Å². The molecule has 0 aromatic heterocycles. The lowest BCUT2D eigenvalue weighted by Gasteiger charge is -2.23. The van der Waals surface area contributed by atoms with E-state index in [9.17, 15) is 13.2 Å². The first-order valence-corrected chi connectivity index (χ1v) is 10.7. The Morgan fingerprint density at radius 3 is 2.14 bits per heavy atom. The summed E-state index contributed by atoms with van der Waals surface area (Å²) in [5.74, 6) is -0.331. The molecule has 1 atom stereocenters. The number of hydrogen-bond donors (Lipinski definition) is 1. The van der Waals surface area contributed by atoms with Gasteiger partial charge in [0.1, 0.15) is 0 Å². The predicted octanol–water partition coefficient (Wildman–Crippen LogP) is 4.31. The van der Waals surface area contributed by atoms with Gasteiger partial charge in [0.15, 0.2) is 0 Å². The van der Waals surface area contributed by atoms with Crippen molar-refractivity contribution in [2.24, 2.45) is 0 Å². The van der Waals surface area contributed by atoms with Crippen LogP contribution in [0.4, 0.5) is 5.69 Å². The van der Waals surface area contributed by atoms with Crippen LogP contribution in [0.25, 0.3) is 0 Å². The molecule has 0 spiro atoms. The van der Waals surface area contributed by atoms with Crippen LogP contribution in [-0.4, -0.2) is 21.4 Å². The highest BCUT2D eigenvalue weighted by Crippen LogP contribution is 2.26. The first-order chi connectivity index (χ1) is 13.8. The van der Waals surface area contributed by atoms with E-state index < -0.39 is 10.0 Å². The molecule has 1 amide bonds. The van der Waals surface area contributed by atoms with Gasteiger partial charge in [0.25, 0.3) is 15.9 Å². The number of rotatable bonds is 6. The Labute approximate surface area is 172 Å². The zero-order valence-corrected chi connectivity index (χ0v) is 17.5. The summed E-state index contributed by atoms with van der Waals surface area (Å²) < 4.78 is 27.3. The average Bonchev–Trinajstić information content (AvgIpc) is 2.74. The van der Waals surface area contributed by atoms with Gasteiger partial charge in [-0.2, -0.15) is 0 Å². The van der Waals surface area contributed by atoms with Crippen molar-refractivity contribution in [3.05, 3.63) is 95.6 Å². The molecule has 1 unspecified atom stereocenters. The molecule has 0 radical (unpaired) electrons. The van der Waals surface area contributed by atoms with Gasteiger partial charge < -0.3 is 5.32 Å². The minimum Gasteiger partial charge on any atom is -0.345 e. The molecule has 29 heavy (non-hydrogen) atoms. The molecule has 0 aliphatic heterocycles. The monoisotopic (exact) mass is 408 g/mol. The fraction of sp³-hybridized carbons (Fsp3) is 0.174. The van der Waals surface area contributed by atoms with E-state index in [1.54, 1.807) is 48.5 Å². The van der Waals surface area contributed by atoms with Gasteiger partial charge in [-0.05, 0) is 43.7 Å². The molecule has 0 aliphatic rings. The topological polar surface area (TPSA) is 66.5 Å². The third kappa shape index (κ3) is 4.49. The molecule has 6 heteroatoms. The number of nitrogens with zero attached hydrogens (tertiary/aromatic N) is 1. The van der Waals surface area contributed by atoms with E-state index in [1.165, 1.54) is 7.05 Å². The summed E-state index contributed by atoms with van der Waals surface area (Å²) in [6.45, 7) is 3.79. The normalized spacial score (nSPS) is 12.2. The second-order valence-electron chi connectivity index (χ2n) is 6.91. The standard InChI is InChI=1S/C23H24N2O3S/c1-17-13-15-20(16-14-17)29(27,28)25(3)22-12-8-7-11-21(22)23(26)24-18(2)19-9-5-4-6-10-19/h4-16,18H,1-3H3,(H,24,26). The highest BCUT2D eigenvalue weighted by Gasteiger charge is 2.25. The summed E-state index contributed by atoms with van der Waals surface area (Å²) in [5.41, 5.74) is 2.57. The number of aryl methyl sites for hydroxylation is 1. The number of hydrogen-bond acceptors (Lipinski definition) is 3. The molecular formula is C23H24N2O3S. The fourth-order valence-electron chi connectivity index (χ4n) is 3.04. The van der Waals surface area contributed by atoms with E-state index >= 15 is 0 Å². The summed E-state index contributed by atoms with van der Waals surface area (Å²) in [6.07, 6.45) is 0. The highest BCUT2D eigenvalue weighted by atomic mass is 32.2. The molecule has 1 N–H and O–H groups in total. The van der Waals surface area contributed by atoms with Crippen LogP contribution in [-0.2, 0) is 10.0 Å². The summed E-state index contributed by atoms with van der Waals surface area (Å²) in [4.78, 5) is 13.1. The molecule has 3 rings (SSSR count). The number of para-hydroxylation sites is 1. The van der Waals surface area contributed by atoms with Crippen LogP contribution < -0.4 is 9.62 Å². The van der Waals surface area contributed by atoms with Crippen LogP contribution in [0.15, 0.2) is 83.8 Å². The first-order valence-electron chi connectivity index (χ1n) is 9.31. The van der Waals surface area contributed by atoms with Gasteiger partial charge in [0.2, 0.25) is 0 Å². The molecule has 0 heterocycles. The maximum absolute atomic E-state index is 13.1. The van der Waals surface area contributed by atoms with E-state index in [2.05, 4.69) is 5.32 Å². The third-order valence-corrected chi connectivity index (χ3v) is 6.60. The van der Waals surface area contributed by atoms with Crippen LogP contribution in [0.1, 0.15) is 34.5 Å². The lowest BCUT2D eigenvalue weighted by molar-refractivity contribution is 0.0940. The average molecular weight is 409 g/mol. The molecular weight excluding hydrogens is 384 g/mol. The number of anilines is 1. The maximum atomic E-state index is 13.1. The minimum absolute atomic E-state index is 0.179. The Morgan fingerprint density at radius 2 is 1.48 bits per heavy atom. The van der Waals surface area contributed by atoms with Gasteiger partial charge in [-0.3, -0.25) is 9.10 Å². The van der Waals surface area contributed by atoms with Crippen molar-refractivity contribution in [2.45, 2.75) is 24.8 Å². The zero-order chi connectivity index (χ0) is 21.0. The van der Waals surface area contributed by atoms with Crippen molar-refractivity contribution in [1.29, 1.82) is 0 Å². The molecule has 5 nitrogen and oxygen atoms in total. The fourth-order valence-corrected chi connectivity index (χ4v) is 4.25. The maximum Gasteiger partial charge on any atom is 0.264 e.